The number of benzene rings is 2. The smallest absolute Gasteiger partial charge is 0.261 e. The number of nitrogens with zero attached hydrogens (tertiary/aromatic N) is 2. The van der Waals surface area contributed by atoms with E-state index in [-0.39, 0.29) is 49.5 Å². The van der Waals surface area contributed by atoms with Gasteiger partial charge in [0.05, 0.1) is 36.5 Å². The number of nitrogens with one attached hydrogen (secondary N) is 4. The topological polar surface area (TPSA) is 145 Å². The first-order valence-electron chi connectivity index (χ1n) is 10.2. The summed E-state index contributed by atoms with van der Waals surface area (Å²) in [6, 6.07) is 8.01. The molecule has 0 bridgehead atoms. The minimum Gasteiger partial charge on any atom is -0.394 e. The Morgan fingerprint density at radius 1 is 1.09 bits per heavy atom. The van der Waals surface area contributed by atoms with Gasteiger partial charge in [0.2, 0.25) is 0 Å². The van der Waals surface area contributed by atoms with E-state index in [2.05, 4.69) is 30.8 Å². The third-order valence-corrected chi connectivity index (χ3v) is 4.82. The number of H-pyrrole nitrogens is 2. The highest BCUT2D eigenvalue weighted by Crippen LogP contribution is 2.26. The molecule has 0 aliphatic rings. The molecule has 2 amide bonds. The Kier molecular flexibility index (Phi) is 6.90. The fourth-order valence-electron chi connectivity index (χ4n) is 3.23. The molecule has 0 radical (unpaired) electrons. The minimum absolute atomic E-state index is 0.0898. The molecule has 0 unspecified atom stereocenters. The molecule has 2 aromatic carbocycles. The molecule has 176 valence electrons. The van der Waals surface area contributed by atoms with Crippen molar-refractivity contribution in [2.45, 2.75) is 0 Å². The quantitative estimate of drug-likeness (QED) is 0.237. The van der Waals surface area contributed by atoms with Gasteiger partial charge in [-0.1, -0.05) is 6.07 Å². The van der Waals surface area contributed by atoms with Crippen LogP contribution in [0.2, 0.25) is 0 Å². The lowest BCUT2D eigenvalue weighted by molar-refractivity contribution is 0.0838. The van der Waals surface area contributed by atoms with Crippen molar-refractivity contribution in [2.75, 3.05) is 31.7 Å². The highest BCUT2D eigenvalue weighted by atomic mass is 19.1. The molecule has 0 atom stereocenters. The molecule has 2 heterocycles. The fraction of sp³-hybridized carbons (Fsp3) is 0.182. The molecule has 5 N–H and O–H groups in total. The van der Waals surface area contributed by atoms with E-state index in [1.165, 1.54) is 12.3 Å². The molecular weight excluding hydrogens is 450 g/mol. The molecule has 0 aliphatic carbocycles. The number of aliphatic hydroxyl groups is 1. The van der Waals surface area contributed by atoms with Gasteiger partial charge >= 0.3 is 0 Å². The lowest BCUT2D eigenvalue weighted by Gasteiger charge is -2.06. The number of amides is 2. The highest BCUT2D eigenvalue weighted by Gasteiger charge is 2.21. The first-order valence-corrected chi connectivity index (χ1v) is 10.2. The number of hydrogen-bond acceptors (Lipinski definition) is 6. The first kappa shape index (κ1) is 23.0. The van der Waals surface area contributed by atoms with Crippen molar-refractivity contribution in [1.29, 1.82) is 0 Å². The zero-order valence-electron chi connectivity index (χ0n) is 17.7. The van der Waals surface area contributed by atoms with E-state index in [9.17, 15) is 18.4 Å². The van der Waals surface area contributed by atoms with Gasteiger partial charge in [-0.15, -0.1) is 0 Å². The van der Waals surface area contributed by atoms with E-state index in [0.717, 1.165) is 12.1 Å². The van der Waals surface area contributed by atoms with Gasteiger partial charge < -0.3 is 25.5 Å². The number of aromatic amines is 2. The summed E-state index contributed by atoms with van der Waals surface area (Å²) >= 11 is 0. The third-order valence-electron chi connectivity index (χ3n) is 4.82. The van der Waals surface area contributed by atoms with Crippen molar-refractivity contribution in [3.63, 3.8) is 0 Å². The summed E-state index contributed by atoms with van der Waals surface area (Å²) in [5.41, 5.74) is 1.12. The zero-order valence-corrected chi connectivity index (χ0v) is 17.7. The number of hydrogen-bond donors (Lipinski definition) is 5. The monoisotopic (exact) mass is 470 g/mol. The van der Waals surface area contributed by atoms with Crippen LogP contribution in [0.5, 0.6) is 0 Å². The fourth-order valence-corrected chi connectivity index (χ4v) is 3.23. The number of anilines is 1. The molecule has 0 spiro atoms. The van der Waals surface area contributed by atoms with Crippen LogP contribution in [0.15, 0.2) is 42.6 Å². The molecule has 34 heavy (non-hydrogen) atoms. The number of carbonyl (C=O) groups excluding carboxylic acids is 2. The first-order chi connectivity index (χ1) is 16.5. The number of aliphatic hydroxyl groups excluding tert-OH is 1. The van der Waals surface area contributed by atoms with Crippen LogP contribution >= 0.6 is 0 Å². The summed E-state index contributed by atoms with van der Waals surface area (Å²) in [4.78, 5) is 32.2. The average molecular weight is 470 g/mol. The van der Waals surface area contributed by atoms with Gasteiger partial charge in [-0.2, -0.15) is 5.10 Å². The van der Waals surface area contributed by atoms with Crippen LogP contribution in [0.1, 0.15) is 20.7 Å². The van der Waals surface area contributed by atoms with Gasteiger partial charge in [0.15, 0.2) is 11.5 Å². The Labute approximate surface area is 191 Å². The second kappa shape index (κ2) is 10.2. The second-order valence-corrected chi connectivity index (χ2v) is 7.11. The van der Waals surface area contributed by atoms with Crippen LogP contribution in [-0.4, -0.2) is 63.5 Å². The van der Waals surface area contributed by atoms with Gasteiger partial charge in [0.25, 0.3) is 11.8 Å². The summed E-state index contributed by atoms with van der Waals surface area (Å²) < 4.78 is 33.0. The van der Waals surface area contributed by atoms with Crippen LogP contribution < -0.4 is 10.6 Å². The van der Waals surface area contributed by atoms with Crippen molar-refractivity contribution in [1.82, 2.24) is 25.5 Å². The van der Waals surface area contributed by atoms with E-state index < -0.39 is 23.1 Å². The molecule has 10 nitrogen and oxygen atoms in total. The van der Waals surface area contributed by atoms with Gasteiger partial charge in [-0.05, 0) is 30.3 Å². The van der Waals surface area contributed by atoms with Crippen LogP contribution in [0.4, 0.5) is 14.5 Å². The van der Waals surface area contributed by atoms with Crippen molar-refractivity contribution in [3.8, 4) is 11.5 Å². The van der Waals surface area contributed by atoms with Gasteiger partial charge in [-0.3, -0.25) is 14.7 Å². The molecular formula is C22H20F2N6O4. The van der Waals surface area contributed by atoms with Crippen molar-refractivity contribution in [3.05, 3.63) is 65.4 Å². The second-order valence-electron chi connectivity index (χ2n) is 7.11. The Morgan fingerprint density at radius 2 is 1.88 bits per heavy atom. The third kappa shape index (κ3) is 4.92. The van der Waals surface area contributed by atoms with Crippen LogP contribution in [-0.2, 0) is 4.74 Å². The van der Waals surface area contributed by atoms with Crippen molar-refractivity contribution in [2.24, 2.45) is 0 Å². The minimum atomic E-state index is -0.989. The zero-order chi connectivity index (χ0) is 24.1. The molecule has 12 heteroatoms. The maximum absolute atomic E-state index is 13.9. The van der Waals surface area contributed by atoms with Gasteiger partial charge in [0.1, 0.15) is 17.2 Å². The number of fused-ring (bicyclic) bond motifs is 1. The highest BCUT2D eigenvalue weighted by molar-refractivity contribution is 6.06. The summed E-state index contributed by atoms with van der Waals surface area (Å²) in [5.74, 6) is -3.00. The van der Waals surface area contributed by atoms with Crippen LogP contribution in [0.25, 0.3) is 22.6 Å². The number of rotatable bonds is 9. The molecule has 4 aromatic rings. The summed E-state index contributed by atoms with van der Waals surface area (Å²) in [7, 11) is 0. The molecule has 0 saturated heterocycles. The normalized spacial score (nSPS) is 11.0. The predicted octanol–water partition coefficient (Wildman–Crippen LogP) is 2.22. The van der Waals surface area contributed by atoms with E-state index in [1.54, 1.807) is 18.2 Å². The standard InChI is InChI=1S/C22H20F2N6O4/c23-13-2-1-3-14(24)18(13)22(33)29-17-11-26-30-19(17)20-27-15-5-4-12(10-16(15)28-20)21(32)25-6-8-34-9-7-31/h1-5,10-11,31H,6-9H2,(H,25,32)(H,26,30)(H,27,28)(H,29,33). The van der Waals surface area contributed by atoms with Crippen LogP contribution in [0.3, 0.4) is 0 Å². The Bertz CT molecular complexity index is 1320. The molecule has 0 saturated carbocycles. The lowest BCUT2D eigenvalue weighted by atomic mass is 10.2. The average Bonchev–Trinajstić information content (AvgIpc) is 3.44. The Balaban J connectivity index is 1.51. The predicted molar refractivity (Wildman–Crippen MR) is 118 cm³/mol. The van der Waals surface area contributed by atoms with E-state index in [0.29, 0.717) is 16.6 Å². The van der Waals surface area contributed by atoms with E-state index in [4.69, 9.17) is 9.84 Å². The summed E-state index contributed by atoms with van der Waals surface area (Å²) in [6.07, 6.45) is 1.36. The summed E-state index contributed by atoms with van der Waals surface area (Å²) in [5, 5.41) is 20.5. The van der Waals surface area contributed by atoms with Crippen molar-refractivity contribution < 1.29 is 28.2 Å². The summed E-state index contributed by atoms with van der Waals surface area (Å²) in [6.45, 7) is 0.656. The number of carbonyl (C=O) groups is 2. The molecule has 0 fully saturated rings. The molecule has 0 aliphatic heterocycles. The number of imidazole rings is 1. The molecule has 4 rings (SSSR count). The maximum Gasteiger partial charge on any atom is 0.261 e. The SMILES string of the molecule is O=C(NCCOCCO)c1ccc2[nH]c(-c3n[nH]cc3NC(=O)c3c(F)cccc3F)nc2c1. The number of ether oxygens (including phenoxy) is 1. The van der Waals surface area contributed by atoms with Gasteiger partial charge in [0, 0.05) is 18.3 Å². The lowest BCUT2D eigenvalue weighted by Crippen LogP contribution is -2.27. The maximum atomic E-state index is 13.9. The molecule has 2 aromatic heterocycles. The number of aromatic nitrogens is 4. The van der Waals surface area contributed by atoms with Crippen molar-refractivity contribution >= 4 is 28.5 Å². The van der Waals surface area contributed by atoms with Gasteiger partial charge in [-0.25, -0.2) is 13.8 Å². The Hall–Kier alpha value is -4.16. The largest absolute Gasteiger partial charge is 0.394 e. The van der Waals surface area contributed by atoms with E-state index in [1.807, 2.05) is 0 Å². The Morgan fingerprint density at radius 3 is 2.65 bits per heavy atom. The van der Waals surface area contributed by atoms with E-state index >= 15 is 0 Å². The number of halogens is 2. The van der Waals surface area contributed by atoms with Crippen LogP contribution in [0, 0.1) is 11.6 Å².